The number of aliphatic carboxylic acids is 1. The van der Waals surface area contributed by atoms with Crippen molar-refractivity contribution in [3.8, 4) is 0 Å². The fraction of sp³-hybridized carbons (Fsp3) is 0.700. The van der Waals surface area contributed by atoms with Crippen LogP contribution in [0, 0.1) is 5.41 Å². The monoisotopic (exact) mass is 229 g/mol. The van der Waals surface area contributed by atoms with Gasteiger partial charge >= 0.3 is 12.1 Å². The van der Waals surface area contributed by atoms with Gasteiger partial charge in [-0.3, -0.25) is 9.59 Å². The number of methoxy groups -OCH3 is 1. The van der Waals surface area contributed by atoms with Crippen molar-refractivity contribution in [3.05, 3.63) is 0 Å². The van der Waals surface area contributed by atoms with Crippen molar-refractivity contribution in [2.75, 3.05) is 20.2 Å². The van der Waals surface area contributed by atoms with Crippen molar-refractivity contribution >= 4 is 17.8 Å². The summed E-state index contributed by atoms with van der Waals surface area (Å²) in [6.45, 7) is 1.71. The van der Waals surface area contributed by atoms with Gasteiger partial charge in [0.15, 0.2) is 5.78 Å². The third-order valence-corrected chi connectivity index (χ3v) is 3.12. The number of hydrogen-bond donors (Lipinski definition) is 1. The topological polar surface area (TPSA) is 83.9 Å². The summed E-state index contributed by atoms with van der Waals surface area (Å²) in [5, 5.41) is 9.09. The van der Waals surface area contributed by atoms with Crippen LogP contribution >= 0.6 is 0 Å². The SMILES string of the molecule is CCC1(C(=O)O)CCN(C(=O)OC)CC1=O. The average molecular weight is 229 g/mol. The minimum atomic E-state index is -1.33. The lowest BCUT2D eigenvalue weighted by atomic mass is 9.75. The van der Waals surface area contributed by atoms with Gasteiger partial charge < -0.3 is 14.7 Å². The summed E-state index contributed by atoms with van der Waals surface area (Å²) >= 11 is 0. The van der Waals surface area contributed by atoms with E-state index in [4.69, 9.17) is 5.11 Å². The molecule has 0 bridgehead atoms. The van der Waals surface area contributed by atoms with Gasteiger partial charge in [-0.25, -0.2) is 4.79 Å². The Morgan fingerprint density at radius 3 is 2.56 bits per heavy atom. The molecule has 1 N–H and O–H groups in total. The smallest absolute Gasteiger partial charge is 0.409 e. The van der Waals surface area contributed by atoms with E-state index in [1.165, 1.54) is 12.0 Å². The van der Waals surface area contributed by atoms with Crippen LogP contribution in [0.1, 0.15) is 19.8 Å². The fourth-order valence-electron chi connectivity index (χ4n) is 1.91. The number of hydrogen-bond acceptors (Lipinski definition) is 4. The summed E-state index contributed by atoms with van der Waals surface area (Å²) in [4.78, 5) is 35.3. The molecular weight excluding hydrogens is 214 g/mol. The molecule has 1 aliphatic heterocycles. The van der Waals surface area contributed by atoms with Gasteiger partial charge in [-0.05, 0) is 12.8 Å². The van der Waals surface area contributed by atoms with E-state index < -0.39 is 23.3 Å². The maximum Gasteiger partial charge on any atom is 0.409 e. The van der Waals surface area contributed by atoms with Crippen molar-refractivity contribution in [1.82, 2.24) is 4.90 Å². The number of rotatable bonds is 2. The van der Waals surface area contributed by atoms with Crippen LogP contribution in [0.2, 0.25) is 0 Å². The zero-order valence-corrected chi connectivity index (χ0v) is 9.36. The predicted octanol–water partition coefficient (Wildman–Crippen LogP) is 0.509. The Kier molecular flexibility index (Phi) is 3.51. The highest BCUT2D eigenvalue weighted by Crippen LogP contribution is 2.32. The van der Waals surface area contributed by atoms with E-state index in [1.807, 2.05) is 0 Å². The minimum Gasteiger partial charge on any atom is -0.480 e. The van der Waals surface area contributed by atoms with Gasteiger partial charge in [0.1, 0.15) is 5.41 Å². The Bertz CT molecular complexity index is 327. The molecule has 16 heavy (non-hydrogen) atoms. The van der Waals surface area contributed by atoms with Crippen LogP contribution in [0.15, 0.2) is 0 Å². The van der Waals surface area contributed by atoms with Crippen LogP contribution < -0.4 is 0 Å². The molecular formula is C10H15NO5. The Labute approximate surface area is 93.2 Å². The molecule has 0 saturated carbocycles. The first-order valence-electron chi connectivity index (χ1n) is 5.07. The molecule has 1 fully saturated rings. The first kappa shape index (κ1) is 12.5. The second-order valence-corrected chi connectivity index (χ2v) is 3.81. The van der Waals surface area contributed by atoms with Crippen LogP contribution in [0.25, 0.3) is 0 Å². The van der Waals surface area contributed by atoms with E-state index in [0.29, 0.717) is 0 Å². The molecule has 1 amide bonds. The molecule has 1 atom stereocenters. The van der Waals surface area contributed by atoms with E-state index in [9.17, 15) is 14.4 Å². The number of nitrogens with zero attached hydrogens (tertiary/aromatic N) is 1. The third kappa shape index (κ3) is 1.87. The molecule has 1 aliphatic rings. The predicted molar refractivity (Wildman–Crippen MR) is 54.0 cm³/mol. The Morgan fingerprint density at radius 1 is 1.56 bits per heavy atom. The van der Waals surface area contributed by atoms with E-state index in [-0.39, 0.29) is 25.9 Å². The molecule has 1 heterocycles. The lowest BCUT2D eigenvalue weighted by Crippen LogP contribution is -2.53. The first-order valence-corrected chi connectivity index (χ1v) is 5.07. The zero-order valence-electron chi connectivity index (χ0n) is 9.36. The number of amides is 1. The molecule has 1 rings (SSSR count). The van der Waals surface area contributed by atoms with Gasteiger partial charge in [0, 0.05) is 6.54 Å². The zero-order chi connectivity index (χ0) is 12.3. The van der Waals surface area contributed by atoms with Crippen molar-refractivity contribution in [3.63, 3.8) is 0 Å². The maximum absolute atomic E-state index is 11.8. The number of carbonyl (C=O) groups excluding carboxylic acids is 2. The number of carboxylic acids is 1. The Morgan fingerprint density at radius 2 is 2.19 bits per heavy atom. The van der Waals surface area contributed by atoms with Crippen LogP contribution in [-0.2, 0) is 14.3 Å². The summed E-state index contributed by atoms with van der Waals surface area (Å²) in [6, 6.07) is 0. The van der Waals surface area contributed by atoms with E-state index >= 15 is 0 Å². The lowest BCUT2D eigenvalue weighted by Gasteiger charge is -2.35. The molecule has 6 heteroatoms. The van der Waals surface area contributed by atoms with Gasteiger partial charge in [0.2, 0.25) is 0 Å². The third-order valence-electron chi connectivity index (χ3n) is 3.12. The Hall–Kier alpha value is -1.59. The summed E-state index contributed by atoms with van der Waals surface area (Å²) in [7, 11) is 1.23. The molecule has 0 spiro atoms. The lowest BCUT2D eigenvalue weighted by molar-refractivity contribution is -0.158. The van der Waals surface area contributed by atoms with Crippen molar-refractivity contribution in [1.29, 1.82) is 0 Å². The molecule has 0 aromatic carbocycles. The summed E-state index contributed by atoms with van der Waals surface area (Å²) in [6.07, 6.45) is -0.202. The average Bonchev–Trinajstić information content (AvgIpc) is 2.27. The number of carboxylic acid groups (broad SMARTS) is 1. The van der Waals surface area contributed by atoms with Gasteiger partial charge in [0.25, 0.3) is 0 Å². The second-order valence-electron chi connectivity index (χ2n) is 3.81. The van der Waals surface area contributed by atoms with Crippen molar-refractivity contribution < 1.29 is 24.2 Å². The molecule has 6 nitrogen and oxygen atoms in total. The Balaban J connectivity index is 2.83. The van der Waals surface area contributed by atoms with Crippen LogP contribution in [-0.4, -0.2) is 48.1 Å². The summed E-state index contributed by atoms with van der Waals surface area (Å²) in [5.41, 5.74) is -1.33. The molecule has 0 aromatic heterocycles. The van der Waals surface area contributed by atoms with Crippen LogP contribution in [0.4, 0.5) is 4.79 Å². The van der Waals surface area contributed by atoms with E-state index in [1.54, 1.807) is 6.92 Å². The largest absolute Gasteiger partial charge is 0.480 e. The molecule has 0 aromatic rings. The van der Waals surface area contributed by atoms with Crippen molar-refractivity contribution in [2.45, 2.75) is 19.8 Å². The second kappa shape index (κ2) is 4.51. The summed E-state index contributed by atoms with van der Waals surface area (Å²) < 4.78 is 4.49. The van der Waals surface area contributed by atoms with E-state index in [0.717, 1.165) is 0 Å². The molecule has 90 valence electrons. The highest BCUT2D eigenvalue weighted by atomic mass is 16.5. The normalized spacial score (nSPS) is 25.4. The number of Topliss-reactive ketones (excluding diaryl/α,β-unsaturated/α-hetero) is 1. The number of carbonyl (C=O) groups is 3. The molecule has 1 saturated heterocycles. The highest BCUT2D eigenvalue weighted by Gasteiger charge is 2.48. The minimum absolute atomic E-state index is 0.146. The van der Waals surface area contributed by atoms with Crippen LogP contribution in [0.3, 0.4) is 0 Å². The number of likely N-dealkylation sites (tertiary alicyclic amines) is 1. The van der Waals surface area contributed by atoms with Gasteiger partial charge in [0.05, 0.1) is 13.7 Å². The molecule has 1 unspecified atom stereocenters. The van der Waals surface area contributed by atoms with Crippen LogP contribution in [0.5, 0.6) is 0 Å². The fourth-order valence-corrected chi connectivity index (χ4v) is 1.91. The first-order chi connectivity index (χ1) is 7.47. The maximum atomic E-state index is 11.8. The number of ether oxygens (including phenoxy) is 1. The van der Waals surface area contributed by atoms with Gasteiger partial charge in [-0.2, -0.15) is 0 Å². The highest BCUT2D eigenvalue weighted by molar-refractivity contribution is 6.05. The van der Waals surface area contributed by atoms with Crippen molar-refractivity contribution in [2.24, 2.45) is 5.41 Å². The van der Waals surface area contributed by atoms with Gasteiger partial charge in [-0.1, -0.05) is 6.92 Å². The number of piperidine rings is 1. The standard InChI is InChI=1S/C10H15NO5/c1-3-10(8(13)14)4-5-11(6-7(10)12)9(15)16-2/h3-6H2,1-2H3,(H,13,14). The number of ketones is 1. The quantitative estimate of drug-likeness (QED) is 0.697. The molecule has 0 aliphatic carbocycles. The van der Waals surface area contributed by atoms with Gasteiger partial charge in [-0.15, -0.1) is 0 Å². The molecule has 0 radical (unpaired) electrons. The van der Waals surface area contributed by atoms with E-state index in [2.05, 4.69) is 4.74 Å². The summed E-state index contributed by atoms with van der Waals surface area (Å²) in [5.74, 6) is -1.54.